The molecular weight excluding hydrogens is 440 g/mol. The molecule has 3 aromatic rings. The number of hydrogen-bond acceptors (Lipinski definition) is 5. The van der Waals surface area contributed by atoms with Crippen LogP contribution in [0.15, 0.2) is 66.7 Å². The van der Waals surface area contributed by atoms with E-state index < -0.39 is 11.5 Å². The molecule has 0 radical (unpaired) electrons. The van der Waals surface area contributed by atoms with Crippen molar-refractivity contribution in [3.8, 4) is 17.2 Å². The van der Waals surface area contributed by atoms with Crippen LogP contribution in [-0.2, 0) is 10.4 Å². The molecule has 5 nitrogen and oxygen atoms in total. The Balaban J connectivity index is 1.97. The van der Waals surface area contributed by atoms with E-state index in [9.17, 15) is 9.59 Å². The summed E-state index contributed by atoms with van der Waals surface area (Å²) < 4.78 is 18.1. The maximum absolute atomic E-state index is 14.3. The van der Waals surface area contributed by atoms with Gasteiger partial charge in [-0.15, -0.1) is 0 Å². The van der Waals surface area contributed by atoms with Crippen molar-refractivity contribution in [2.45, 2.75) is 31.8 Å². The molecule has 2 atom stereocenters. The van der Waals surface area contributed by atoms with Crippen molar-refractivity contribution in [2.75, 3.05) is 13.2 Å². The van der Waals surface area contributed by atoms with Crippen molar-refractivity contribution < 1.29 is 23.8 Å². The molecule has 0 amide bonds. The van der Waals surface area contributed by atoms with E-state index in [2.05, 4.69) is 0 Å². The van der Waals surface area contributed by atoms with Gasteiger partial charge in [0, 0.05) is 35.1 Å². The van der Waals surface area contributed by atoms with Gasteiger partial charge in [-0.25, -0.2) is 0 Å². The van der Waals surface area contributed by atoms with Crippen molar-refractivity contribution in [3.63, 3.8) is 0 Å². The highest BCUT2D eigenvalue weighted by Gasteiger charge is 2.56. The molecule has 0 spiro atoms. The Labute approximate surface area is 198 Å². The number of carbonyl (C=O) groups excluding carboxylic acids is 2. The van der Waals surface area contributed by atoms with Gasteiger partial charge in [-0.3, -0.25) is 4.79 Å². The number of benzene rings is 3. The average Bonchev–Trinajstić information content (AvgIpc) is 3.12. The first-order valence-corrected chi connectivity index (χ1v) is 11.3. The summed E-state index contributed by atoms with van der Waals surface area (Å²) >= 11 is 6.15. The molecule has 0 saturated heterocycles. The van der Waals surface area contributed by atoms with Crippen LogP contribution >= 0.6 is 11.6 Å². The summed E-state index contributed by atoms with van der Waals surface area (Å²) in [4.78, 5) is 26.1. The zero-order valence-corrected chi connectivity index (χ0v) is 19.3. The molecule has 1 aliphatic heterocycles. The highest BCUT2D eigenvalue weighted by Crippen LogP contribution is 2.54. The topological polar surface area (TPSA) is 61.8 Å². The summed E-state index contributed by atoms with van der Waals surface area (Å²) in [6.07, 6.45) is 0.915. The van der Waals surface area contributed by atoms with E-state index in [4.69, 9.17) is 25.8 Å². The van der Waals surface area contributed by atoms with Crippen LogP contribution in [0.25, 0.3) is 0 Å². The van der Waals surface area contributed by atoms with Gasteiger partial charge in [0.25, 0.3) is 0 Å². The normalized spacial score (nSPS) is 17.7. The molecule has 1 heterocycles. The lowest BCUT2D eigenvalue weighted by atomic mass is 9.72. The van der Waals surface area contributed by atoms with Gasteiger partial charge in [-0.2, -0.15) is 0 Å². The molecule has 0 aromatic heterocycles. The number of hydrogen-bond donors (Lipinski definition) is 0. The summed E-state index contributed by atoms with van der Waals surface area (Å²) in [5.41, 5.74) is 0.321. The zero-order chi connectivity index (χ0) is 23.4. The Bertz CT molecular complexity index is 1140. The molecule has 6 heteroatoms. The molecule has 0 aliphatic carbocycles. The Hall–Kier alpha value is -3.31. The van der Waals surface area contributed by atoms with Gasteiger partial charge in [0.05, 0.1) is 13.2 Å². The number of ether oxygens (including phenoxy) is 3. The third-order valence-electron chi connectivity index (χ3n) is 5.78. The van der Waals surface area contributed by atoms with E-state index in [-0.39, 0.29) is 12.2 Å². The molecule has 33 heavy (non-hydrogen) atoms. The van der Waals surface area contributed by atoms with Gasteiger partial charge in [0.15, 0.2) is 0 Å². The van der Waals surface area contributed by atoms with Crippen molar-refractivity contribution in [2.24, 2.45) is 0 Å². The summed E-state index contributed by atoms with van der Waals surface area (Å²) in [6.45, 7) is 4.57. The van der Waals surface area contributed by atoms with Gasteiger partial charge in [-0.1, -0.05) is 54.1 Å². The fourth-order valence-electron chi connectivity index (χ4n) is 4.43. The second kappa shape index (κ2) is 9.67. The third kappa shape index (κ3) is 4.09. The van der Waals surface area contributed by atoms with Gasteiger partial charge < -0.3 is 19.0 Å². The van der Waals surface area contributed by atoms with Crippen molar-refractivity contribution in [3.05, 3.63) is 88.4 Å². The smallest absolute Gasteiger partial charge is 0.219 e. The molecule has 0 saturated carbocycles. The maximum Gasteiger partial charge on any atom is 0.219 e. The first kappa shape index (κ1) is 22.9. The second-order valence-electron chi connectivity index (χ2n) is 7.70. The van der Waals surface area contributed by atoms with Crippen molar-refractivity contribution in [1.82, 2.24) is 0 Å². The van der Waals surface area contributed by atoms with E-state index in [0.717, 1.165) is 11.8 Å². The molecule has 0 bridgehead atoms. The summed E-state index contributed by atoms with van der Waals surface area (Å²) in [6, 6.07) is 19.9. The standard InChI is InChI=1S/C27H25ClO5/c1-3-31-21-16-23(32-4-2)25-24(17-21)33-27(26(25)30,19-10-12-20(28)13-11-19)22(14-15-29)18-8-6-5-7-9-18/h5-13,15-17,22H,3-4,14H2,1-2H3/t22-,27-/m1/s1. The van der Waals surface area contributed by atoms with E-state index in [0.29, 0.717) is 46.6 Å². The highest BCUT2D eigenvalue weighted by atomic mass is 35.5. The molecule has 0 N–H and O–H groups in total. The quantitative estimate of drug-likeness (QED) is 0.364. The van der Waals surface area contributed by atoms with Crippen LogP contribution in [0.3, 0.4) is 0 Å². The summed E-state index contributed by atoms with van der Waals surface area (Å²) in [7, 11) is 0. The fraction of sp³-hybridized carbons (Fsp3) is 0.259. The third-order valence-corrected chi connectivity index (χ3v) is 6.04. The van der Waals surface area contributed by atoms with Crippen LogP contribution in [0.1, 0.15) is 47.7 Å². The Morgan fingerprint density at radius 1 is 1.00 bits per heavy atom. The monoisotopic (exact) mass is 464 g/mol. The van der Waals surface area contributed by atoms with Crippen molar-refractivity contribution >= 4 is 23.7 Å². The lowest BCUT2D eigenvalue weighted by Crippen LogP contribution is -2.43. The number of carbonyl (C=O) groups is 2. The number of Topliss-reactive ketones (excluding diaryl/α,β-unsaturated/α-hetero) is 1. The predicted octanol–water partition coefficient (Wildman–Crippen LogP) is 5.98. The Morgan fingerprint density at radius 3 is 2.33 bits per heavy atom. The first-order valence-electron chi connectivity index (χ1n) is 11.0. The van der Waals surface area contributed by atoms with Crippen LogP contribution in [0.5, 0.6) is 17.2 Å². The number of fused-ring (bicyclic) bond motifs is 1. The van der Waals surface area contributed by atoms with Crippen LogP contribution in [0, 0.1) is 0 Å². The van der Waals surface area contributed by atoms with Gasteiger partial charge in [0.1, 0.15) is 29.1 Å². The Kier molecular flexibility index (Phi) is 6.70. The molecular formula is C27H25ClO5. The fourth-order valence-corrected chi connectivity index (χ4v) is 4.56. The predicted molar refractivity (Wildman–Crippen MR) is 127 cm³/mol. The number of rotatable bonds is 9. The largest absolute Gasteiger partial charge is 0.494 e. The average molecular weight is 465 g/mol. The summed E-state index contributed by atoms with van der Waals surface area (Å²) in [5, 5.41) is 0.539. The lowest BCUT2D eigenvalue weighted by molar-refractivity contribution is -0.109. The van der Waals surface area contributed by atoms with E-state index in [1.807, 2.05) is 44.2 Å². The van der Waals surface area contributed by atoms with Crippen LogP contribution in [-0.4, -0.2) is 25.3 Å². The van der Waals surface area contributed by atoms with Crippen LogP contribution < -0.4 is 14.2 Å². The maximum atomic E-state index is 14.3. The van der Waals surface area contributed by atoms with Crippen molar-refractivity contribution in [1.29, 1.82) is 0 Å². The Morgan fingerprint density at radius 2 is 1.70 bits per heavy atom. The second-order valence-corrected chi connectivity index (χ2v) is 8.14. The molecule has 1 aliphatic rings. The van der Waals surface area contributed by atoms with E-state index in [1.165, 1.54) is 0 Å². The SMILES string of the molecule is CCOc1cc(OCC)c2c(c1)O[C@](c1ccc(Cl)cc1)([C@H](CC=O)c1ccccc1)C2=O. The van der Waals surface area contributed by atoms with Gasteiger partial charge in [-0.05, 0) is 31.5 Å². The van der Waals surface area contributed by atoms with Crippen LogP contribution in [0.2, 0.25) is 5.02 Å². The first-order chi connectivity index (χ1) is 16.0. The lowest BCUT2D eigenvalue weighted by Gasteiger charge is -2.35. The number of halogens is 1. The number of ketones is 1. The minimum atomic E-state index is -1.47. The molecule has 0 unspecified atom stereocenters. The molecule has 0 fully saturated rings. The van der Waals surface area contributed by atoms with Crippen LogP contribution in [0.4, 0.5) is 0 Å². The summed E-state index contributed by atoms with van der Waals surface area (Å²) in [5.74, 6) is 0.490. The molecule has 170 valence electrons. The molecule has 3 aromatic carbocycles. The van der Waals surface area contributed by atoms with Gasteiger partial charge >= 0.3 is 0 Å². The highest BCUT2D eigenvalue weighted by molar-refractivity contribution is 6.30. The van der Waals surface area contributed by atoms with Gasteiger partial charge in [0.2, 0.25) is 11.4 Å². The van der Waals surface area contributed by atoms with E-state index >= 15 is 0 Å². The minimum absolute atomic E-state index is 0.0919. The zero-order valence-electron chi connectivity index (χ0n) is 18.5. The van der Waals surface area contributed by atoms with E-state index in [1.54, 1.807) is 36.4 Å². The number of aldehydes is 1. The minimum Gasteiger partial charge on any atom is -0.494 e. The molecule has 4 rings (SSSR count).